The first kappa shape index (κ1) is 22.6. The van der Waals surface area contributed by atoms with Crippen molar-refractivity contribution in [3.8, 4) is 0 Å². The number of amides is 2. The van der Waals surface area contributed by atoms with Crippen LogP contribution in [0.25, 0.3) is 0 Å². The molecule has 0 spiro atoms. The van der Waals surface area contributed by atoms with E-state index in [1.165, 1.54) is 0 Å². The highest BCUT2D eigenvalue weighted by molar-refractivity contribution is 6.42. The van der Waals surface area contributed by atoms with Gasteiger partial charge in [0.2, 0.25) is 5.91 Å². The predicted molar refractivity (Wildman–Crippen MR) is 122 cm³/mol. The van der Waals surface area contributed by atoms with Gasteiger partial charge < -0.3 is 14.7 Å². The summed E-state index contributed by atoms with van der Waals surface area (Å²) in [4.78, 5) is 31.2. The first-order chi connectivity index (χ1) is 14.3. The van der Waals surface area contributed by atoms with Crippen molar-refractivity contribution in [3.63, 3.8) is 0 Å². The van der Waals surface area contributed by atoms with E-state index in [0.717, 1.165) is 30.6 Å². The smallest absolute Gasteiger partial charge is 0.254 e. The molecule has 0 aromatic heterocycles. The Labute approximate surface area is 188 Å². The van der Waals surface area contributed by atoms with Crippen LogP contribution in [0.4, 0.5) is 5.69 Å². The van der Waals surface area contributed by atoms with E-state index >= 15 is 0 Å². The zero-order chi connectivity index (χ0) is 21.7. The molecule has 3 rings (SSSR count). The van der Waals surface area contributed by atoms with Crippen LogP contribution in [-0.4, -0.2) is 55.3 Å². The summed E-state index contributed by atoms with van der Waals surface area (Å²) in [6, 6.07) is 12.8. The number of halogens is 2. The van der Waals surface area contributed by atoms with Crippen molar-refractivity contribution in [2.45, 2.75) is 25.8 Å². The summed E-state index contributed by atoms with van der Waals surface area (Å²) < 4.78 is 0. The summed E-state index contributed by atoms with van der Waals surface area (Å²) in [6.07, 6.45) is 2.27. The SMILES string of the molecule is CN(C)CCCN(Cc1ccc(Cl)c(Cl)c1)C(=O)c1cccc(N2CCCC2=O)c1. The second kappa shape index (κ2) is 10.3. The lowest BCUT2D eigenvalue weighted by Crippen LogP contribution is -2.33. The maximum absolute atomic E-state index is 13.4. The van der Waals surface area contributed by atoms with Gasteiger partial charge in [-0.3, -0.25) is 9.59 Å². The Morgan fingerprint density at radius 1 is 1.07 bits per heavy atom. The molecule has 0 unspecified atom stereocenters. The van der Waals surface area contributed by atoms with Crippen LogP contribution < -0.4 is 4.90 Å². The molecular formula is C23H27Cl2N3O2. The van der Waals surface area contributed by atoms with E-state index in [0.29, 0.717) is 41.7 Å². The van der Waals surface area contributed by atoms with E-state index in [1.54, 1.807) is 23.1 Å². The Bertz CT molecular complexity index is 917. The van der Waals surface area contributed by atoms with Crippen LogP contribution in [0.2, 0.25) is 10.0 Å². The highest BCUT2D eigenvalue weighted by Gasteiger charge is 2.23. The van der Waals surface area contributed by atoms with Gasteiger partial charge in [-0.15, -0.1) is 0 Å². The molecule has 1 aliphatic rings. The average molecular weight is 448 g/mol. The summed E-state index contributed by atoms with van der Waals surface area (Å²) in [7, 11) is 4.03. The van der Waals surface area contributed by atoms with Crippen LogP contribution in [0, 0.1) is 0 Å². The van der Waals surface area contributed by atoms with Crippen molar-refractivity contribution in [2.75, 3.05) is 38.6 Å². The molecule has 0 atom stereocenters. The molecule has 0 N–H and O–H groups in total. The summed E-state index contributed by atoms with van der Waals surface area (Å²) in [5.74, 6) is 0.0477. The molecule has 1 fully saturated rings. The van der Waals surface area contributed by atoms with Gasteiger partial charge in [0.15, 0.2) is 0 Å². The Kier molecular flexibility index (Phi) is 7.75. The van der Waals surface area contributed by atoms with E-state index in [1.807, 2.05) is 43.3 Å². The molecule has 0 bridgehead atoms. The van der Waals surface area contributed by atoms with E-state index < -0.39 is 0 Å². The molecule has 5 nitrogen and oxygen atoms in total. The van der Waals surface area contributed by atoms with Gasteiger partial charge in [0.1, 0.15) is 0 Å². The molecule has 0 saturated carbocycles. The van der Waals surface area contributed by atoms with Gasteiger partial charge in [0, 0.05) is 37.3 Å². The molecule has 2 aromatic carbocycles. The maximum Gasteiger partial charge on any atom is 0.254 e. The van der Waals surface area contributed by atoms with Gasteiger partial charge in [0.25, 0.3) is 5.91 Å². The molecule has 160 valence electrons. The number of anilines is 1. The fourth-order valence-corrected chi connectivity index (χ4v) is 3.92. The third kappa shape index (κ3) is 5.75. The van der Waals surface area contributed by atoms with Crippen molar-refractivity contribution < 1.29 is 9.59 Å². The van der Waals surface area contributed by atoms with Crippen LogP contribution in [-0.2, 0) is 11.3 Å². The molecule has 0 aliphatic carbocycles. The number of benzene rings is 2. The summed E-state index contributed by atoms with van der Waals surface area (Å²) in [5.41, 5.74) is 2.29. The highest BCUT2D eigenvalue weighted by atomic mass is 35.5. The first-order valence-corrected chi connectivity index (χ1v) is 10.9. The molecule has 1 heterocycles. The zero-order valence-electron chi connectivity index (χ0n) is 17.4. The molecule has 7 heteroatoms. The molecule has 1 saturated heterocycles. The minimum Gasteiger partial charge on any atom is -0.334 e. The molecule has 30 heavy (non-hydrogen) atoms. The van der Waals surface area contributed by atoms with E-state index in [-0.39, 0.29) is 11.8 Å². The lowest BCUT2D eigenvalue weighted by atomic mass is 10.1. The van der Waals surface area contributed by atoms with Gasteiger partial charge in [-0.2, -0.15) is 0 Å². The maximum atomic E-state index is 13.4. The van der Waals surface area contributed by atoms with E-state index in [2.05, 4.69) is 4.90 Å². The van der Waals surface area contributed by atoms with Crippen LogP contribution in [0.15, 0.2) is 42.5 Å². The van der Waals surface area contributed by atoms with Crippen LogP contribution >= 0.6 is 23.2 Å². The monoisotopic (exact) mass is 447 g/mol. The Balaban J connectivity index is 1.81. The Morgan fingerprint density at radius 3 is 2.53 bits per heavy atom. The number of nitrogens with zero attached hydrogens (tertiary/aromatic N) is 3. The first-order valence-electron chi connectivity index (χ1n) is 10.1. The summed E-state index contributed by atoms with van der Waals surface area (Å²) >= 11 is 12.2. The summed E-state index contributed by atoms with van der Waals surface area (Å²) in [6.45, 7) is 2.64. The normalized spacial score (nSPS) is 13.9. The minimum atomic E-state index is -0.0617. The van der Waals surface area contributed by atoms with Gasteiger partial charge in [0.05, 0.1) is 10.0 Å². The van der Waals surface area contributed by atoms with Crippen LogP contribution in [0.5, 0.6) is 0 Å². The lowest BCUT2D eigenvalue weighted by Gasteiger charge is -2.25. The topological polar surface area (TPSA) is 43.9 Å². The molecule has 2 amide bonds. The van der Waals surface area contributed by atoms with Gasteiger partial charge >= 0.3 is 0 Å². The predicted octanol–water partition coefficient (Wildman–Crippen LogP) is 4.71. The third-order valence-electron chi connectivity index (χ3n) is 5.16. The number of rotatable bonds is 8. The van der Waals surface area contributed by atoms with Crippen LogP contribution in [0.3, 0.4) is 0 Å². The molecule has 0 radical (unpaired) electrons. The second-order valence-electron chi connectivity index (χ2n) is 7.83. The van der Waals surface area contributed by atoms with Crippen LogP contribution in [0.1, 0.15) is 35.2 Å². The number of carbonyl (C=O) groups excluding carboxylic acids is 2. The summed E-state index contributed by atoms with van der Waals surface area (Å²) in [5, 5.41) is 0.971. The standard InChI is InChI=1S/C23H27Cl2N3O2/c1-26(2)11-5-12-27(16-17-9-10-20(24)21(25)14-17)23(30)18-6-3-7-19(15-18)28-13-4-8-22(28)29/h3,6-7,9-10,14-15H,4-5,8,11-13,16H2,1-2H3. The van der Waals surface area contributed by atoms with Crippen molar-refractivity contribution in [1.82, 2.24) is 9.80 Å². The Morgan fingerprint density at radius 2 is 1.87 bits per heavy atom. The molecule has 2 aromatic rings. The second-order valence-corrected chi connectivity index (χ2v) is 8.65. The van der Waals surface area contributed by atoms with E-state index in [9.17, 15) is 9.59 Å². The van der Waals surface area contributed by atoms with Crippen molar-refractivity contribution >= 4 is 40.7 Å². The quantitative estimate of drug-likeness (QED) is 0.588. The van der Waals surface area contributed by atoms with Gasteiger partial charge in [-0.25, -0.2) is 0 Å². The largest absolute Gasteiger partial charge is 0.334 e. The van der Waals surface area contributed by atoms with Crippen molar-refractivity contribution in [3.05, 3.63) is 63.6 Å². The lowest BCUT2D eigenvalue weighted by molar-refractivity contribution is -0.117. The van der Waals surface area contributed by atoms with E-state index in [4.69, 9.17) is 23.2 Å². The fraction of sp³-hybridized carbons (Fsp3) is 0.391. The Hall–Kier alpha value is -2.08. The minimum absolute atomic E-state index is 0.0617. The number of carbonyl (C=O) groups is 2. The fourth-order valence-electron chi connectivity index (χ4n) is 3.60. The molecule has 1 aliphatic heterocycles. The third-order valence-corrected chi connectivity index (χ3v) is 5.90. The van der Waals surface area contributed by atoms with Crippen molar-refractivity contribution in [2.24, 2.45) is 0 Å². The van der Waals surface area contributed by atoms with Gasteiger partial charge in [-0.1, -0.05) is 35.3 Å². The highest BCUT2D eigenvalue weighted by Crippen LogP contribution is 2.25. The number of hydrogen-bond donors (Lipinski definition) is 0. The number of hydrogen-bond acceptors (Lipinski definition) is 3. The van der Waals surface area contributed by atoms with Crippen molar-refractivity contribution in [1.29, 1.82) is 0 Å². The average Bonchev–Trinajstić information content (AvgIpc) is 3.15. The molecular weight excluding hydrogens is 421 g/mol. The zero-order valence-corrected chi connectivity index (χ0v) is 18.9. The van der Waals surface area contributed by atoms with Gasteiger partial charge in [-0.05, 0) is 69.4 Å².